The molecule has 0 bridgehead atoms. The van der Waals surface area contributed by atoms with Gasteiger partial charge in [0.2, 0.25) is 0 Å². The molecule has 2 aliphatic rings. The summed E-state index contributed by atoms with van der Waals surface area (Å²) in [5.41, 5.74) is 0.623. The molecule has 0 spiro atoms. The van der Waals surface area contributed by atoms with Crippen LogP contribution in [0.15, 0.2) is 23.1 Å². The van der Waals surface area contributed by atoms with E-state index in [9.17, 15) is 4.79 Å². The molecule has 0 radical (unpaired) electrons. The molecule has 1 aliphatic heterocycles. The predicted octanol–water partition coefficient (Wildman–Crippen LogP) is 6.79. The number of nitrogens with one attached hydrogen (secondary N) is 2. The van der Waals surface area contributed by atoms with E-state index in [1.807, 2.05) is 30.0 Å². The van der Waals surface area contributed by atoms with Gasteiger partial charge in [-0.05, 0) is 68.8 Å². The summed E-state index contributed by atoms with van der Waals surface area (Å²) in [6.07, 6.45) is 11.6. The predicted molar refractivity (Wildman–Crippen MR) is 129 cm³/mol. The van der Waals surface area contributed by atoms with Crippen molar-refractivity contribution in [3.63, 3.8) is 0 Å². The van der Waals surface area contributed by atoms with Crippen LogP contribution < -0.4 is 10.6 Å². The molecule has 1 amide bonds. The molecule has 1 aromatic rings. The van der Waals surface area contributed by atoms with Crippen LogP contribution >= 0.6 is 23.4 Å². The average molecular weight is 441 g/mol. The summed E-state index contributed by atoms with van der Waals surface area (Å²) >= 11 is 8.18. The summed E-state index contributed by atoms with van der Waals surface area (Å²) in [4.78, 5) is 13.9. The number of halogens is 1. The minimum absolute atomic E-state index is 0. The third-order valence-electron chi connectivity index (χ3n) is 5.90. The zero-order valence-electron chi connectivity index (χ0n) is 16.3. The van der Waals surface area contributed by atoms with Crippen molar-refractivity contribution in [2.45, 2.75) is 77.5 Å². The van der Waals surface area contributed by atoms with Crippen LogP contribution in [0.2, 0.25) is 5.02 Å². The van der Waals surface area contributed by atoms with Gasteiger partial charge in [0.15, 0.2) is 0 Å². The quantitative estimate of drug-likeness (QED) is 0.478. The van der Waals surface area contributed by atoms with Gasteiger partial charge in [0.1, 0.15) is 0 Å². The Hall–Kier alpha value is -0.710. The van der Waals surface area contributed by atoms with Crippen LogP contribution in [0.1, 0.15) is 83.0 Å². The smallest absolute Gasteiger partial charge is 0.252 e. The van der Waals surface area contributed by atoms with Crippen LogP contribution in [0.25, 0.3) is 0 Å². The fourth-order valence-corrected chi connectivity index (χ4v) is 5.44. The fraction of sp³-hybridized carbons (Fsp3) is 0.708. The van der Waals surface area contributed by atoms with E-state index >= 15 is 0 Å². The highest BCUT2D eigenvalue weighted by Gasteiger charge is 2.17. The molecule has 0 unspecified atom stereocenters. The van der Waals surface area contributed by atoms with E-state index in [4.69, 9.17) is 11.6 Å². The first-order chi connectivity index (χ1) is 13.2. The van der Waals surface area contributed by atoms with Crippen LogP contribution in [-0.2, 0) is 0 Å². The second kappa shape index (κ2) is 14.3. The van der Waals surface area contributed by atoms with Gasteiger partial charge < -0.3 is 10.6 Å². The first-order valence-corrected chi connectivity index (χ1v) is 12.0. The topological polar surface area (TPSA) is 41.1 Å². The molecule has 5 heteroatoms. The highest BCUT2D eigenvalue weighted by atomic mass is 35.5. The zero-order chi connectivity index (χ0) is 18.9. The molecule has 1 saturated heterocycles. The van der Waals surface area contributed by atoms with E-state index in [2.05, 4.69) is 10.6 Å². The fourth-order valence-electron chi connectivity index (χ4n) is 4.11. The van der Waals surface area contributed by atoms with Gasteiger partial charge in [0.25, 0.3) is 5.91 Å². The minimum Gasteiger partial charge on any atom is -0.352 e. The van der Waals surface area contributed by atoms with Crippen molar-refractivity contribution >= 4 is 29.3 Å². The number of thioether (sulfide) groups is 1. The summed E-state index contributed by atoms with van der Waals surface area (Å²) in [6.45, 7) is 3.03. The molecule has 0 atom stereocenters. The summed E-state index contributed by atoms with van der Waals surface area (Å²) in [5.74, 6) is 2.48. The number of piperidine rings is 1. The SMILES string of the molecule is C.C.O=C(NCC1CCCCCCC1)c1cc(SCC2CCNCC2)ccc1Cl. The number of benzene rings is 1. The summed E-state index contributed by atoms with van der Waals surface area (Å²) < 4.78 is 0. The van der Waals surface area contributed by atoms with Crippen LogP contribution in [0.4, 0.5) is 0 Å². The molecule has 0 aromatic heterocycles. The highest BCUT2D eigenvalue weighted by Crippen LogP contribution is 2.28. The van der Waals surface area contributed by atoms with E-state index in [1.54, 1.807) is 0 Å². The second-order valence-corrected chi connectivity index (χ2v) is 9.57. The van der Waals surface area contributed by atoms with Crippen molar-refractivity contribution in [1.82, 2.24) is 10.6 Å². The first kappa shape index (κ1) is 26.3. The van der Waals surface area contributed by atoms with Crippen molar-refractivity contribution in [3.05, 3.63) is 28.8 Å². The second-order valence-electron chi connectivity index (χ2n) is 8.07. The van der Waals surface area contributed by atoms with Crippen molar-refractivity contribution in [2.75, 3.05) is 25.4 Å². The number of hydrogen-bond acceptors (Lipinski definition) is 3. The molecule has 1 aliphatic carbocycles. The van der Waals surface area contributed by atoms with Crippen LogP contribution in [0.5, 0.6) is 0 Å². The van der Waals surface area contributed by atoms with E-state index in [-0.39, 0.29) is 20.8 Å². The van der Waals surface area contributed by atoms with Gasteiger partial charge in [0, 0.05) is 17.2 Å². The Balaban J connectivity index is 0.00000210. The van der Waals surface area contributed by atoms with Gasteiger partial charge in [-0.15, -0.1) is 11.8 Å². The Labute approximate surface area is 188 Å². The van der Waals surface area contributed by atoms with Crippen molar-refractivity contribution in [3.8, 4) is 0 Å². The Kier molecular flexibility index (Phi) is 13.0. The number of amides is 1. The molecule has 2 N–H and O–H groups in total. The molecule has 3 nitrogen and oxygen atoms in total. The van der Waals surface area contributed by atoms with Gasteiger partial charge in [-0.1, -0.05) is 58.6 Å². The Bertz CT molecular complexity index is 597. The minimum atomic E-state index is -0.0219. The number of rotatable bonds is 6. The molecule has 1 heterocycles. The molecule has 1 aromatic carbocycles. The zero-order valence-corrected chi connectivity index (χ0v) is 17.8. The lowest BCUT2D eigenvalue weighted by atomic mass is 9.91. The van der Waals surface area contributed by atoms with E-state index < -0.39 is 0 Å². The Morgan fingerprint density at radius 2 is 1.66 bits per heavy atom. The molecule has 166 valence electrons. The van der Waals surface area contributed by atoms with Gasteiger partial charge in [-0.2, -0.15) is 0 Å². The van der Waals surface area contributed by atoms with E-state index in [0.29, 0.717) is 16.5 Å². The lowest BCUT2D eigenvalue weighted by molar-refractivity contribution is 0.0944. The number of carbonyl (C=O) groups is 1. The number of carbonyl (C=O) groups excluding carboxylic acids is 1. The third kappa shape index (κ3) is 8.90. The van der Waals surface area contributed by atoms with E-state index in [1.165, 1.54) is 57.8 Å². The van der Waals surface area contributed by atoms with Gasteiger partial charge in [-0.3, -0.25) is 4.79 Å². The largest absolute Gasteiger partial charge is 0.352 e. The molecule has 2 fully saturated rings. The maximum atomic E-state index is 12.7. The molecule has 3 rings (SSSR count). The number of hydrogen-bond donors (Lipinski definition) is 2. The third-order valence-corrected chi connectivity index (χ3v) is 7.46. The van der Waals surface area contributed by atoms with Crippen molar-refractivity contribution < 1.29 is 4.79 Å². The van der Waals surface area contributed by atoms with Crippen LogP contribution in [0.3, 0.4) is 0 Å². The summed E-state index contributed by atoms with van der Waals surface area (Å²) in [7, 11) is 0. The Morgan fingerprint density at radius 3 is 2.34 bits per heavy atom. The molecule has 29 heavy (non-hydrogen) atoms. The summed E-state index contributed by atoms with van der Waals surface area (Å²) in [5, 5.41) is 7.11. The van der Waals surface area contributed by atoms with Crippen LogP contribution in [-0.4, -0.2) is 31.3 Å². The maximum Gasteiger partial charge on any atom is 0.252 e. The van der Waals surface area contributed by atoms with Crippen LogP contribution in [0, 0.1) is 11.8 Å². The molecular formula is C24H41ClN2OS. The van der Waals surface area contributed by atoms with Gasteiger partial charge in [-0.25, -0.2) is 0 Å². The van der Waals surface area contributed by atoms with Crippen molar-refractivity contribution in [1.29, 1.82) is 0 Å². The first-order valence-electron chi connectivity index (χ1n) is 10.6. The Morgan fingerprint density at radius 1 is 1.00 bits per heavy atom. The monoisotopic (exact) mass is 440 g/mol. The van der Waals surface area contributed by atoms with Gasteiger partial charge in [0.05, 0.1) is 10.6 Å². The molecular weight excluding hydrogens is 400 g/mol. The van der Waals surface area contributed by atoms with E-state index in [0.717, 1.165) is 36.2 Å². The molecule has 1 saturated carbocycles. The lowest BCUT2D eigenvalue weighted by Gasteiger charge is -2.22. The standard InChI is InChI=1S/C22H33ClN2OS.2CH4/c23-21-9-8-19(27-16-18-10-12-24-13-11-18)14-20(21)22(26)25-15-17-6-4-2-1-3-5-7-17;;/h8-9,14,17-18,24H,1-7,10-13,15-16H2,(H,25,26);2*1H4. The summed E-state index contributed by atoms with van der Waals surface area (Å²) in [6, 6.07) is 5.89. The lowest BCUT2D eigenvalue weighted by Crippen LogP contribution is -2.30. The highest BCUT2D eigenvalue weighted by molar-refractivity contribution is 7.99. The average Bonchev–Trinajstić information content (AvgIpc) is 2.67. The van der Waals surface area contributed by atoms with Crippen molar-refractivity contribution in [2.24, 2.45) is 11.8 Å². The van der Waals surface area contributed by atoms with Gasteiger partial charge >= 0.3 is 0 Å². The maximum absolute atomic E-state index is 12.7. The normalized spacial score (nSPS) is 18.7.